The normalized spacial score (nSPS) is 11.1. The zero-order valence-corrected chi connectivity index (χ0v) is 9.70. The lowest BCUT2D eigenvalue weighted by atomic mass is 10.1. The zero-order chi connectivity index (χ0) is 10.9. The van der Waals surface area contributed by atoms with Crippen molar-refractivity contribution >= 4 is 6.08 Å². The van der Waals surface area contributed by atoms with Gasteiger partial charge >= 0.3 is 0 Å². The number of unbranched alkanes of at least 4 members (excludes halogenated alkanes) is 1. The summed E-state index contributed by atoms with van der Waals surface area (Å²) < 4.78 is 4.95. The van der Waals surface area contributed by atoms with Crippen molar-refractivity contribution in [2.24, 2.45) is 0 Å². The molecule has 0 aromatic heterocycles. The van der Waals surface area contributed by atoms with Gasteiger partial charge in [0.05, 0.1) is 6.61 Å². The molecule has 0 aliphatic carbocycles. The first-order chi connectivity index (χ1) is 7.36. The highest BCUT2D eigenvalue weighted by atomic mass is 16.5. The van der Waals surface area contributed by atoms with Gasteiger partial charge in [-0.05, 0) is 24.0 Å². The van der Waals surface area contributed by atoms with Gasteiger partial charge in [0.2, 0.25) is 0 Å². The molecule has 0 aliphatic heterocycles. The van der Waals surface area contributed by atoms with Crippen LogP contribution in [0.4, 0.5) is 0 Å². The number of methoxy groups -OCH3 is 1. The number of hydrogen-bond acceptors (Lipinski definition) is 1. The van der Waals surface area contributed by atoms with Crippen LogP contribution in [0.1, 0.15) is 30.9 Å². The van der Waals surface area contributed by atoms with E-state index in [4.69, 9.17) is 4.74 Å². The van der Waals surface area contributed by atoms with Gasteiger partial charge < -0.3 is 4.74 Å². The summed E-state index contributed by atoms with van der Waals surface area (Å²) in [5.74, 6) is 0. The summed E-state index contributed by atoms with van der Waals surface area (Å²) in [5, 5.41) is 0. The molecule has 0 atom stereocenters. The Balaban J connectivity index is 2.48. The highest BCUT2D eigenvalue weighted by molar-refractivity contribution is 5.49. The van der Waals surface area contributed by atoms with E-state index >= 15 is 0 Å². The van der Waals surface area contributed by atoms with Gasteiger partial charge in [0.15, 0.2) is 0 Å². The third-order valence-electron chi connectivity index (χ3n) is 2.37. The molecule has 0 bridgehead atoms. The van der Waals surface area contributed by atoms with Crippen molar-refractivity contribution in [3.05, 3.63) is 41.5 Å². The number of hydrogen-bond donors (Lipinski definition) is 0. The lowest BCUT2D eigenvalue weighted by Crippen LogP contribution is -1.84. The smallest absolute Gasteiger partial charge is 0.0646 e. The molecule has 0 radical (unpaired) electrons. The second-order valence-corrected chi connectivity index (χ2v) is 3.70. The van der Waals surface area contributed by atoms with Crippen LogP contribution in [0, 0.1) is 0 Å². The Morgan fingerprint density at radius 3 is 2.53 bits per heavy atom. The summed E-state index contributed by atoms with van der Waals surface area (Å²) in [4.78, 5) is 0. The van der Waals surface area contributed by atoms with Crippen molar-refractivity contribution in [3.63, 3.8) is 0 Å². The van der Waals surface area contributed by atoms with Crippen molar-refractivity contribution in [2.75, 3.05) is 13.7 Å². The molecule has 0 unspecified atom stereocenters. The summed E-state index contributed by atoms with van der Waals surface area (Å²) in [6.45, 7) is 2.90. The summed E-state index contributed by atoms with van der Waals surface area (Å²) in [5.41, 5.74) is 2.67. The number of rotatable bonds is 6. The van der Waals surface area contributed by atoms with E-state index in [0.717, 1.165) is 0 Å². The van der Waals surface area contributed by atoms with Crippen LogP contribution in [-0.2, 0) is 11.2 Å². The number of ether oxygens (including phenoxy) is 1. The molecule has 1 aromatic carbocycles. The molecule has 0 fully saturated rings. The van der Waals surface area contributed by atoms with Crippen LogP contribution >= 0.6 is 0 Å². The van der Waals surface area contributed by atoms with E-state index in [0.29, 0.717) is 6.61 Å². The molecule has 0 N–H and O–H groups in total. The minimum absolute atomic E-state index is 0.678. The van der Waals surface area contributed by atoms with Crippen molar-refractivity contribution in [2.45, 2.75) is 26.2 Å². The number of benzene rings is 1. The lowest BCUT2D eigenvalue weighted by Gasteiger charge is -2.00. The Morgan fingerprint density at radius 1 is 1.20 bits per heavy atom. The molecule has 1 heteroatoms. The fourth-order valence-corrected chi connectivity index (χ4v) is 1.46. The van der Waals surface area contributed by atoms with Crippen molar-refractivity contribution in [3.8, 4) is 0 Å². The molecule has 0 spiro atoms. The molecule has 0 saturated carbocycles. The largest absolute Gasteiger partial charge is 0.381 e. The van der Waals surface area contributed by atoms with Crippen LogP contribution in [-0.4, -0.2) is 13.7 Å². The van der Waals surface area contributed by atoms with Crippen molar-refractivity contribution < 1.29 is 4.74 Å². The van der Waals surface area contributed by atoms with Crippen molar-refractivity contribution in [1.82, 2.24) is 0 Å². The van der Waals surface area contributed by atoms with Crippen LogP contribution in [0.3, 0.4) is 0 Å². The highest BCUT2D eigenvalue weighted by Gasteiger charge is 1.91. The third kappa shape index (κ3) is 4.80. The van der Waals surface area contributed by atoms with Gasteiger partial charge in [-0.15, -0.1) is 0 Å². The van der Waals surface area contributed by atoms with Gasteiger partial charge in [0.1, 0.15) is 0 Å². The maximum atomic E-state index is 4.95. The van der Waals surface area contributed by atoms with E-state index in [2.05, 4.69) is 37.3 Å². The van der Waals surface area contributed by atoms with E-state index in [9.17, 15) is 0 Å². The fourth-order valence-electron chi connectivity index (χ4n) is 1.46. The Labute approximate surface area is 92.8 Å². The summed E-state index contributed by atoms with van der Waals surface area (Å²) in [6, 6.07) is 8.75. The molecule has 15 heavy (non-hydrogen) atoms. The maximum Gasteiger partial charge on any atom is 0.0646 e. The average Bonchev–Trinajstić information content (AvgIpc) is 2.28. The third-order valence-corrected chi connectivity index (χ3v) is 2.37. The SMILES string of the molecule is CCCCc1ccc(/C=C/COC)cc1. The fraction of sp³-hybridized carbons (Fsp3) is 0.429. The first-order valence-corrected chi connectivity index (χ1v) is 5.61. The molecule has 0 heterocycles. The predicted molar refractivity (Wildman–Crippen MR) is 66.0 cm³/mol. The van der Waals surface area contributed by atoms with Gasteiger partial charge in [-0.1, -0.05) is 49.8 Å². The van der Waals surface area contributed by atoms with Crippen LogP contribution < -0.4 is 0 Å². The van der Waals surface area contributed by atoms with E-state index in [1.807, 2.05) is 6.08 Å². The summed E-state index contributed by atoms with van der Waals surface area (Å²) in [6.07, 6.45) is 7.85. The van der Waals surface area contributed by atoms with Gasteiger partial charge in [-0.3, -0.25) is 0 Å². The van der Waals surface area contributed by atoms with Crippen LogP contribution in [0.15, 0.2) is 30.3 Å². The predicted octanol–water partition coefficient (Wildman–Crippen LogP) is 3.69. The second-order valence-electron chi connectivity index (χ2n) is 3.70. The molecule has 0 aliphatic rings. The summed E-state index contributed by atoms with van der Waals surface area (Å²) >= 11 is 0. The minimum atomic E-state index is 0.678. The van der Waals surface area contributed by atoms with Gasteiger partial charge in [0.25, 0.3) is 0 Å². The quantitative estimate of drug-likeness (QED) is 0.686. The molecule has 1 rings (SSSR count). The lowest BCUT2D eigenvalue weighted by molar-refractivity contribution is 0.234. The van der Waals surface area contributed by atoms with E-state index in [1.54, 1.807) is 7.11 Å². The second kappa shape index (κ2) is 7.24. The van der Waals surface area contributed by atoms with Gasteiger partial charge in [0, 0.05) is 7.11 Å². The molecular weight excluding hydrogens is 184 g/mol. The minimum Gasteiger partial charge on any atom is -0.381 e. The van der Waals surface area contributed by atoms with Crippen LogP contribution in [0.25, 0.3) is 6.08 Å². The topological polar surface area (TPSA) is 9.23 Å². The zero-order valence-electron chi connectivity index (χ0n) is 9.70. The standard InChI is InChI=1S/C14H20O/c1-3-4-6-13-8-10-14(11-9-13)7-5-12-15-2/h5,7-11H,3-4,6,12H2,1-2H3/b7-5+. The Kier molecular flexibility index (Phi) is 5.79. The Hall–Kier alpha value is -1.08. The summed E-state index contributed by atoms with van der Waals surface area (Å²) in [7, 11) is 1.71. The van der Waals surface area contributed by atoms with Crippen LogP contribution in [0.5, 0.6) is 0 Å². The maximum absolute atomic E-state index is 4.95. The van der Waals surface area contributed by atoms with Crippen molar-refractivity contribution in [1.29, 1.82) is 0 Å². The Morgan fingerprint density at radius 2 is 1.93 bits per heavy atom. The first-order valence-electron chi connectivity index (χ1n) is 5.61. The first kappa shape index (κ1) is 12.0. The molecule has 0 amide bonds. The molecule has 0 saturated heterocycles. The molecule has 1 aromatic rings. The molecular formula is C14H20O. The van der Waals surface area contributed by atoms with E-state index in [-0.39, 0.29) is 0 Å². The monoisotopic (exact) mass is 204 g/mol. The molecule has 1 nitrogen and oxygen atoms in total. The van der Waals surface area contributed by atoms with E-state index in [1.165, 1.54) is 30.4 Å². The van der Waals surface area contributed by atoms with Crippen LogP contribution in [0.2, 0.25) is 0 Å². The Bertz CT molecular complexity index is 285. The van der Waals surface area contributed by atoms with Gasteiger partial charge in [-0.2, -0.15) is 0 Å². The van der Waals surface area contributed by atoms with E-state index < -0.39 is 0 Å². The number of aryl methyl sites for hydroxylation is 1. The average molecular weight is 204 g/mol. The highest BCUT2D eigenvalue weighted by Crippen LogP contribution is 2.09. The molecule has 82 valence electrons. The van der Waals surface area contributed by atoms with Gasteiger partial charge in [-0.25, -0.2) is 0 Å².